The van der Waals surface area contributed by atoms with Crippen LogP contribution in [0.5, 0.6) is 0 Å². The quantitative estimate of drug-likeness (QED) is 0.734. The maximum absolute atomic E-state index is 13.1. The summed E-state index contributed by atoms with van der Waals surface area (Å²) >= 11 is 0. The molecule has 0 saturated carbocycles. The van der Waals surface area contributed by atoms with Gasteiger partial charge in [0.15, 0.2) is 0 Å². The Morgan fingerprint density at radius 1 is 1.14 bits per heavy atom. The van der Waals surface area contributed by atoms with Crippen molar-refractivity contribution in [2.45, 2.75) is 6.42 Å². The van der Waals surface area contributed by atoms with E-state index in [1.54, 1.807) is 29.3 Å². The fourth-order valence-electron chi connectivity index (χ4n) is 3.14. The fourth-order valence-corrected chi connectivity index (χ4v) is 3.14. The number of amides is 1. The lowest BCUT2D eigenvalue weighted by Crippen LogP contribution is -2.49. The first-order valence-electron chi connectivity index (χ1n) is 9.54. The van der Waals surface area contributed by atoms with Crippen molar-refractivity contribution in [3.8, 4) is 0 Å². The molecule has 1 aliphatic rings. The molecule has 1 saturated heterocycles. The Morgan fingerprint density at radius 2 is 1.86 bits per heavy atom. The number of nitrogens with zero attached hydrogens (tertiary/aromatic N) is 5. The van der Waals surface area contributed by atoms with E-state index >= 15 is 0 Å². The van der Waals surface area contributed by atoms with Crippen molar-refractivity contribution in [1.82, 2.24) is 19.8 Å². The van der Waals surface area contributed by atoms with Gasteiger partial charge >= 0.3 is 0 Å². The summed E-state index contributed by atoms with van der Waals surface area (Å²) in [4.78, 5) is 27.4. The van der Waals surface area contributed by atoms with Gasteiger partial charge in [0.05, 0.1) is 0 Å². The summed E-state index contributed by atoms with van der Waals surface area (Å²) in [5.74, 6) is 0.152. The summed E-state index contributed by atoms with van der Waals surface area (Å²) in [6, 6.07) is 8.11. The first-order valence-corrected chi connectivity index (χ1v) is 9.54. The molecule has 2 heterocycles. The van der Waals surface area contributed by atoms with E-state index in [4.69, 9.17) is 0 Å². The summed E-state index contributed by atoms with van der Waals surface area (Å²) in [5, 5.41) is 3.17. The van der Waals surface area contributed by atoms with Gasteiger partial charge in [0.1, 0.15) is 11.5 Å². The van der Waals surface area contributed by atoms with Crippen LogP contribution in [0.15, 0.2) is 36.5 Å². The summed E-state index contributed by atoms with van der Waals surface area (Å²) in [6.07, 6.45) is 2.59. The Kier molecular flexibility index (Phi) is 6.76. The van der Waals surface area contributed by atoms with Crippen molar-refractivity contribution in [2.75, 3.05) is 63.6 Å². The largest absolute Gasteiger partial charge is 0.368 e. The van der Waals surface area contributed by atoms with E-state index in [1.165, 1.54) is 12.1 Å². The van der Waals surface area contributed by atoms with Crippen molar-refractivity contribution < 1.29 is 9.18 Å². The molecule has 0 spiro atoms. The number of carbonyl (C=O) groups excluding carboxylic acids is 1. The van der Waals surface area contributed by atoms with Crippen LogP contribution in [0.3, 0.4) is 0 Å². The second-order valence-corrected chi connectivity index (χ2v) is 7.10. The number of piperazine rings is 1. The average molecular weight is 386 g/mol. The lowest BCUT2D eigenvalue weighted by Gasteiger charge is -2.36. The first kappa shape index (κ1) is 20.0. The second kappa shape index (κ2) is 9.45. The second-order valence-electron chi connectivity index (χ2n) is 7.10. The molecule has 1 aromatic carbocycles. The summed E-state index contributed by atoms with van der Waals surface area (Å²) in [7, 11) is 4.07. The van der Waals surface area contributed by atoms with Crippen LogP contribution in [0.2, 0.25) is 0 Å². The molecule has 28 heavy (non-hydrogen) atoms. The van der Waals surface area contributed by atoms with Crippen LogP contribution in [0.25, 0.3) is 0 Å². The van der Waals surface area contributed by atoms with Crippen molar-refractivity contribution in [3.63, 3.8) is 0 Å². The van der Waals surface area contributed by atoms with Gasteiger partial charge in [-0.1, -0.05) is 0 Å². The third kappa shape index (κ3) is 5.39. The van der Waals surface area contributed by atoms with Gasteiger partial charge in [-0.05, 0) is 57.4 Å². The Morgan fingerprint density at radius 3 is 2.54 bits per heavy atom. The molecule has 1 fully saturated rings. The average Bonchev–Trinajstić information content (AvgIpc) is 2.71. The van der Waals surface area contributed by atoms with Crippen LogP contribution in [-0.2, 0) is 0 Å². The standard InChI is InChI=1S/C20H27FN6O/c1-25(2)11-3-9-22-20-23-10-8-18(24-20)19(28)27-14-12-26(13-15-27)17-6-4-16(21)5-7-17/h4-8,10H,3,9,11-15H2,1-2H3,(H,22,23,24). The number of rotatable bonds is 7. The molecule has 3 rings (SSSR count). The number of hydrogen-bond donors (Lipinski definition) is 1. The van der Waals surface area contributed by atoms with Crippen molar-refractivity contribution in [3.05, 3.63) is 48.0 Å². The van der Waals surface area contributed by atoms with Gasteiger partial charge in [-0.2, -0.15) is 0 Å². The number of carbonyl (C=O) groups is 1. The Labute approximate surface area is 165 Å². The van der Waals surface area contributed by atoms with Crippen molar-refractivity contribution in [2.24, 2.45) is 0 Å². The van der Waals surface area contributed by atoms with E-state index < -0.39 is 0 Å². The highest BCUT2D eigenvalue weighted by molar-refractivity contribution is 5.92. The van der Waals surface area contributed by atoms with E-state index in [-0.39, 0.29) is 11.7 Å². The van der Waals surface area contributed by atoms with E-state index in [0.717, 1.165) is 25.2 Å². The van der Waals surface area contributed by atoms with Gasteiger partial charge in [-0.3, -0.25) is 4.79 Å². The maximum atomic E-state index is 13.1. The molecule has 0 bridgehead atoms. The molecule has 8 heteroatoms. The molecule has 0 atom stereocenters. The van der Waals surface area contributed by atoms with Gasteiger partial charge in [-0.25, -0.2) is 14.4 Å². The molecule has 1 N–H and O–H groups in total. The van der Waals surface area contributed by atoms with E-state index in [9.17, 15) is 9.18 Å². The minimum Gasteiger partial charge on any atom is -0.368 e. The van der Waals surface area contributed by atoms with Gasteiger partial charge in [-0.15, -0.1) is 0 Å². The minimum absolute atomic E-state index is 0.0857. The molecular formula is C20H27FN6O. The monoisotopic (exact) mass is 386 g/mol. The number of anilines is 2. The van der Waals surface area contributed by atoms with Crippen molar-refractivity contribution in [1.29, 1.82) is 0 Å². The normalized spacial score (nSPS) is 14.4. The molecule has 2 aromatic rings. The van der Waals surface area contributed by atoms with Crippen LogP contribution in [-0.4, -0.2) is 79.0 Å². The minimum atomic E-state index is -0.243. The molecule has 1 amide bonds. The van der Waals surface area contributed by atoms with Crippen LogP contribution >= 0.6 is 0 Å². The Hall–Kier alpha value is -2.74. The SMILES string of the molecule is CN(C)CCCNc1nccc(C(=O)N2CCN(c3ccc(F)cc3)CC2)n1. The van der Waals surface area contributed by atoms with E-state index in [1.807, 2.05) is 14.1 Å². The number of halogens is 1. The van der Waals surface area contributed by atoms with Gasteiger partial charge in [0.25, 0.3) is 5.91 Å². The van der Waals surface area contributed by atoms with E-state index in [0.29, 0.717) is 37.8 Å². The Bertz CT molecular complexity index is 775. The third-order valence-electron chi connectivity index (χ3n) is 4.70. The molecule has 7 nitrogen and oxygen atoms in total. The summed E-state index contributed by atoms with van der Waals surface area (Å²) < 4.78 is 13.1. The zero-order chi connectivity index (χ0) is 19.9. The highest BCUT2D eigenvalue weighted by Gasteiger charge is 2.23. The molecular weight excluding hydrogens is 359 g/mol. The number of aromatic nitrogens is 2. The van der Waals surface area contributed by atoms with Gasteiger partial charge in [0, 0.05) is 44.6 Å². The predicted molar refractivity (Wildman–Crippen MR) is 108 cm³/mol. The van der Waals surface area contributed by atoms with Gasteiger partial charge < -0.3 is 20.0 Å². The van der Waals surface area contributed by atoms with Crippen LogP contribution in [0, 0.1) is 5.82 Å². The smallest absolute Gasteiger partial charge is 0.272 e. The molecule has 0 aliphatic carbocycles. The van der Waals surface area contributed by atoms with Crippen LogP contribution < -0.4 is 10.2 Å². The molecule has 1 aromatic heterocycles. The molecule has 0 unspecified atom stereocenters. The molecule has 1 aliphatic heterocycles. The highest BCUT2D eigenvalue weighted by atomic mass is 19.1. The number of nitrogens with one attached hydrogen (secondary N) is 1. The lowest BCUT2D eigenvalue weighted by atomic mass is 10.2. The first-order chi connectivity index (χ1) is 13.5. The zero-order valence-corrected chi connectivity index (χ0v) is 16.4. The number of hydrogen-bond acceptors (Lipinski definition) is 6. The number of benzene rings is 1. The van der Waals surface area contributed by atoms with Crippen molar-refractivity contribution >= 4 is 17.5 Å². The summed E-state index contributed by atoms with van der Waals surface area (Å²) in [5.41, 5.74) is 1.38. The van der Waals surface area contributed by atoms with Crippen LogP contribution in [0.4, 0.5) is 16.0 Å². The topological polar surface area (TPSA) is 64.6 Å². The maximum Gasteiger partial charge on any atom is 0.272 e. The lowest BCUT2D eigenvalue weighted by molar-refractivity contribution is 0.0741. The fraction of sp³-hybridized carbons (Fsp3) is 0.450. The van der Waals surface area contributed by atoms with Gasteiger partial charge in [0.2, 0.25) is 5.95 Å². The predicted octanol–water partition coefficient (Wildman–Crippen LogP) is 1.94. The zero-order valence-electron chi connectivity index (χ0n) is 16.4. The van der Waals surface area contributed by atoms with Crippen LogP contribution in [0.1, 0.15) is 16.9 Å². The highest BCUT2D eigenvalue weighted by Crippen LogP contribution is 2.17. The summed E-state index contributed by atoms with van der Waals surface area (Å²) in [6.45, 7) is 4.35. The van der Waals surface area contributed by atoms with E-state index in [2.05, 4.69) is 25.1 Å². The molecule has 150 valence electrons. The third-order valence-corrected chi connectivity index (χ3v) is 4.70. The molecule has 0 radical (unpaired) electrons. The Balaban J connectivity index is 1.53.